The number of aliphatic hydroxyl groups excluding tert-OH is 1. The SMILES string of the molecule is C#CP(=O)(Nc1ccc(C(=O)NC2CCC(OP(=O)(NC(C)(C)C(=O)OC(C)(C)C)Oc3ccc4nc5c(c(CC)c4c3)Cn3c-5cc4c(c3=O)COC(=O)[C@]4(O)CC)CC2)cc1)OCCO. The summed E-state index contributed by atoms with van der Waals surface area (Å²) in [6.45, 7) is 11.2. The van der Waals surface area contributed by atoms with E-state index in [2.05, 4.69) is 21.2 Å². The summed E-state index contributed by atoms with van der Waals surface area (Å²) in [7, 11) is -8.09. The van der Waals surface area contributed by atoms with Gasteiger partial charge < -0.3 is 43.7 Å². The predicted octanol–water partition coefficient (Wildman–Crippen LogP) is 6.80. The van der Waals surface area contributed by atoms with Crippen LogP contribution in [0.2, 0.25) is 0 Å². The summed E-state index contributed by atoms with van der Waals surface area (Å²) in [5.41, 5.74) is 1.69. The lowest BCUT2D eigenvalue weighted by Gasteiger charge is -2.35. The topological polar surface area (TPSA) is 243 Å². The first kappa shape index (κ1) is 49.5. The van der Waals surface area contributed by atoms with Crippen molar-refractivity contribution in [3.05, 3.63) is 86.7 Å². The molecule has 18 nitrogen and oxygen atoms in total. The average molecular weight is 962 g/mol. The van der Waals surface area contributed by atoms with Gasteiger partial charge in [0.1, 0.15) is 23.5 Å². The summed E-state index contributed by atoms with van der Waals surface area (Å²) in [5, 5.41) is 29.6. The van der Waals surface area contributed by atoms with Crippen molar-refractivity contribution in [3.63, 3.8) is 0 Å². The van der Waals surface area contributed by atoms with Crippen molar-refractivity contribution >= 4 is 49.7 Å². The number of nitrogens with zero attached hydrogens (tertiary/aromatic N) is 2. The lowest BCUT2D eigenvalue weighted by Crippen LogP contribution is -2.49. The van der Waals surface area contributed by atoms with E-state index < -0.39 is 50.0 Å². The zero-order chi connectivity index (χ0) is 48.7. The quantitative estimate of drug-likeness (QED) is 0.0388. The van der Waals surface area contributed by atoms with Crippen LogP contribution in [0.3, 0.4) is 0 Å². The number of carbonyl (C=O) groups is 3. The van der Waals surface area contributed by atoms with Gasteiger partial charge in [-0.15, -0.1) is 6.42 Å². The van der Waals surface area contributed by atoms with E-state index in [4.69, 9.17) is 39.6 Å². The number of esters is 2. The number of ether oxygens (including phenoxy) is 2. The van der Waals surface area contributed by atoms with E-state index in [-0.39, 0.29) is 67.2 Å². The van der Waals surface area contributed by atoms with Crippen molar-refractivity contribution in [1.29, 1.82) is 0 Å². The van der Waals surface area contributed by atoms with Gasteiger partial charge in [-0.05, 0) is 127 Å². The van der Waals surface area contributed by atoms with Gasteiger partial charge in [0.2, 0.25) is 0 Å². The lowest BCUT2D eigenvalue weighted by atomic mass is 9.86. The van der Waals surface area contributed by atoms with Gasteiger partial charge in [-0.25, -0.2) is 14.3 Å². The van der Waals surface area contributed by atoms with Gasteiger partial charge in [0.25, 0.3) is 11.5 Å². The Morgan fingerprint density at radius 2 is 1.72 bits per heavy atom. The molecule has 2 aromatic carbocycles. The van der Waals surface area contributed by atoms with Crippen LogP contribution in [-0.4, -0.2) is 74.1 Å². The molecule has 20 heteroatoms. The van der Waals surface area contributed by atoms with E-state index in [1.807, 2.05) is 6.92 Å². The Morgan fingerprint density at radius 3 is 2.34 bits per heavy atom. The molecule has 358 valence electrons. The first-order valence-corrected chi connectivity index (χ1v) is 25.4. The molecule has 1 aliphatic carbocycles. The summed E-state index contributed by atoms with van der Waals surface area (Å²) in [6.07, 6.45) is 7.03. The number of aryl methyl sites for hydroxylation is 1. The summed E-state index contributed by atoms with van der Waals surface area (Å²) in [4.78, 5) is 58.3. The van der Waals surface area contributed by atoms with Crippen LogP contribution < -0.4 is 25.6 Å². The molecule has 2 aliphatic heterocycles. The molecule has 4 aromatic rings. The summed E-state index contributed by atoms with van der Waals surface area (Å²) >= 11 is 0. The second-order valence-electron chi connectivity index (χ2n) is 18.4. The molecule has 0 spiro atoms. The molecule has 2 unspecified atom stereocenters. The maximum atomic E-state index is 15.1. The Morgan fingerprint density at radius 1 is 1.01 bits per heavy atom. The second-order valence-corrected chi connectivity index (χ2v) is 21.8. The molecule has 1 saturated carbocycles. The van der Waals surface area contributed by atoms with E-state index in [1.54, 1.807) is 80.8 Å². The summed E-state index contributed by atoms with van der Waals surface area (Å²) in [6, 6.07) is 12.6. The lowest BCUT2D eigenvalue weighted by molar-refractivity contribution is -0.172. The molecule has 0 bridgehead atoms. The molecule has 3 atom stereocenters. The number of amides is 1. The third-order valence-electron chi connectivity index (χ3n) is 11.9. The maximum Gasteiger partial charge on any atom is 0.459 e. The number of fused-ring (bicyclic) bond motifs is 5. The molecule has 4 heterocycles. The largest absolute Gasteiger partial charge is 0.459 e. The maximum absolute atomic E-state index is 15.1. The standard InChI is InChI=1S/C47H57N5O13P2/c1-9-33-34-24-32(20-21-38(34)49-40-35(33)26-52-39(40)25-37-36(42(52)55)27-61-44(57)47(37,58)10-2)65-67(60,51-46(7,8)43(56)63-45(4,5)6)64-31-18-16-29(17-19-31)48-41(54)28-12-14-30(15-13-28)50-66(59,11-3)62-23-22-53/h3,12-15,20-21,24-25,29,31,53,58H,9-10,16-19,22-23,26-27H2,1-2,4-8H3,(H,48,54)(H,50,59)(H,51,60)/t29?,31?,47-,66?,67?/m0/s1. The fourth-order valence-electron chi connectivity index (χ4n) is 8.52. The number of cyclic esters (lactones) is 1. The molecule has 0 radical (unpaired) electrons. The molecular weight excluding hydrogens is 904 g/mol. The highest BCUT2D eigenvalue weighted by Gasteiger charge is 2.46. The highest BCUT2D eigenvalue weighted by Crippen LogP contribution is 2.51. The minimum Gasteiger partial charge on any atom is -0.459 e. The third kappa shape index (κ3) is 10.4. The van der Waals surface area contributed by atoms with Gasteiger partial charge in [-0.3, -0.25) is 23.5 Å². The molecule has 0 saturated heterocycles. The van der Waals surface area contributed by atoms with Crippen LogP contribution >= 0.6 is 15.3 Å². The van der Waals surface area contributed by atoms with Gasteiger partial charge in [0, 0.05) is 39.5 Å². The molecule has 3 aliphatic rings. The predicted molar refractivity (Wildman–Crippen MR) is 249 cm³/mol. The number of aliphatic hydroxyl groups is 2. The highest BCUT2D eigenvalue weighted by molar-refractivity contribution is 7.65. The Balaban J connectivity index is 1.10. The van der Waals surface area contributed by atoms with Gasteiger partial charge in [-0.2, -0.15) is 5.09 Å². The number of nitrogens with one attached hydrogen (secondary N) is 3. The fraction of sp³-hybridized carbons (Fsp3) is 0.468. The van der Waals surface area contributed by atoms with Crippen LogP contribution in [0.1, 0.15) is 113 Å². The monoisotopic (exact) mass is 961 g/mol. The van der Waals surface area contributed by atoms with E-state index in [0.717, 1.165) is 11.1 Å². The first-order valence-electron chi connectivity index (χ1n) is 22.2. The van der Waals surface area contributed by atoms with E-state index in [1.165, 1.54) is 13.8 Å². The van der Waals surface area contributed by atoms with Crippen LogP contribution in [0.15, 0.2) is 53.3 Å². The van der Waals surface area contributed by atoms with Crippen LogP contribution in [0.25, 0.3) is 22.3 Å². The molecular formula is C47H57N5O13P2. The molecule has 5 N–H and O–H groups in total. The van der Waals surface area contributed by atoms with Gasteiger partial charge in [0.05, 0.1) is 48.3 Å². The Bertz CT molecular complexity index is 2810. The molecule has 7 rings (SSSR count). The van der Waals surface area contributed by atoms with E-state index >= 15 is 4.57 Å². The van der Waals surface area contributed by atoms with Crippen molar-refractivity contribution in [1.82, 2.24) is 20.0 Å². The first-order chi connectivity index (χ1) is 31.5. The zero-order valence-electron chi connectivity index (χ0n) is 38.6. The number of benzene rings is 2. The summed E-state index contributed by atoms with van der Waals surface area (Å²) < 4.78 is 57.9. The van der Waals surface area contributed by atoms with Gasteiger partial charge in [-0.1, -0.05) is 13.8 Å². The number of hydrogen-bond acceptors (Lipinski definition) is 14. The Labute approximate surface area is 388 Å². The Hall–Kier alpha value is -5.37. The van der Waals surface area contributed by atoms with E-state index in [0.29, 0.717) is 65.6 Å². The molecule has 1 amide bonds. The van der Waals surface area contributed by atoms with Crippen molar-refractivity contribution in [2.24, 2.45) is 0 Å². The summed E-state index contributed by atoms with van der Waals surface area (Å²) in [5.74, 6) is -1.66. The highest BCUT2D eigenvalue weighted by atomic mass is 31.2. The number of terminal acetylenes is 1. The van der Waals surface area contributed by atoms with Crippen molar-refractivity contribution in [2.45, 2.75) is 129 Å². The van der Waals surface area contributed by atoms with Crippen molar-refractivity contribution < 1.29 is 56.8 Å². The number of rotatable bonds is 16. The number of pyridine rings is 2. The molecule has 67 heavy (non-hydrogen) atoms. The number of hydrogen-bond donors (Lipinski definition) is 5. The molecule has 1 fully saturated rings. The Kier molecular flexibility index (Phi) is 14.0. The minimum absolute atomic E-state index is 0.0162. The number of carbonyl (C=O) groups excluding carboxylic acids is 3. The number of aromatic nitrogens is 2. The van der Waals surface area contributed by atoms with E-state index in [9.17, 15) is 28.8 Å². The minimum atomic E-state index is -4.41. The number of anilines is 1. The smallest absolute Gasteiger partial charge is 0.459 e. The van der Waals surface area contributed by atoms with Crippen LogP contribution in [0, 0.1) is 12.1 Å². The van der Waals surface area contributed by atoms with Crippen LogP contribution in [0.4, 0.5) is 5.69 Å². The van der Waals surface area contributed by atoms with Gasteiger partial charge >= 0.3 is 27.2 Å². The second kappa shape index (κ2) is 19.0. The normalized spacial score (nSPS) is 20.8. The van der Waals surface area contributed by atoms with Crippen LogP contribution in [-0.2, 0) is 62.4 Å². The third-order valence-corrected chi connectivity index (χ3v) is 15.2. The van der Waals surface area contributed by atoms with Crippen molar-refractivity contribution in [3.8, 4) is 29.2 Å². The average Bonchev–Trinajstić information content (AvgIpc) is 3.64. The zero-order valence-corrected chi connectivity index (χ0v) is 40.4. The molecule has 2 aromatic heterocycles. The van der Waals surface area contributed by atoms with Gasteiger partial charge in [0.15, 0.2) is 5.60 Å². The fourth-order valence-corrected chi connectivity index (χ4v) is 11.5. The van der Waals surface area contributed by atoms with Crippen molar-refractivity contribution in [2.75, 3.05) is 18.3 Å². The van der Waals surface area contributed by atoms with Crippen LogP contribution in [0.5, 0.6) is 5.75 Å².